The Kier molecular flexibility index (Phi) is 8.79. The largest absolute Gasteiger partial charge is 0.494 e. The Labute approximate surface area is 281 Å². The maximum Gasteiger partial charge on any atom is 0.410 e. The number of aromatic nitrogens is 2. The van der Waals surface area contributed by atoms with Gasteiger partial charge in [0.05, 0.1) is 29.6 Å². The maximum absolute atomic E-state index is 17.1. The number of benzene rings is 3. The quantitative estimate of drug-likeness (QED) is 0.159. The SMILES string of the molecule is COCOc1cc(-c2c(Cl)c(OC)c3c(N4CC5CCC(C4)N5C(=O)OC(C)(C)C)nc(S(C)(=O)=O)nc3c2F)c2c(F)cccc2c1. The Morgan fingerprint density at radius 3 is 2.35 bits per heavy atom. The predicted octanol–water partition coefficient (Wildman–Crippen LogP) is 6.36. The molecule has 1 aromatic heterocycles. The van der Waals surface area contributed by atoms with E-state index in [1.54, 1.807) is 42.7 Å². The number of anilines is 1. The zero-order chi connectivity index (χ0) is 34.7. The molecule has 11 nitrogen and oxygen atoms in total. The van der Waals surface area contributed by atoms with E-state index in [9.17, 15) is 13.2 Å². The van der Waals surface area contributed by atoms with E-state index < -0.39 is 38.3 Å². The molecule has 0 saturated carbocycles. The molecule has 1 amide bonds. The lowest BCUT2D eigenvalue weighted by molar-refractivity contribution is 0.0122. The lowest BCUT2D eigenvalue weighted by atomic mass is 9.95. The van der Waals surface area contributed by atoms with Crippen molar-refractivity contribution >= 4 is 55.0 Å². The first-order valence-corrected chi connectivity index (χ1v) is 17.5. The molecular weight excluding hydrogens is 670 g/mol. The lowest BCUT2D eigenvalue weighted by Gasteiger charge is -2.42. The number of ether oxygens (including phenoxy) is 4. The van der Waals surface area contributed by atoms with Crippen LogP contribution in [-0.2, 0) is 19.3 Å². The van der Waals surface area contributed by atoms with Crippen LogP contribution in [0.25, 0.3) is 32.8 Å². The topological polar surface area (TPSA) is 120 Å². The zero-order valence-electron chi connectivity index (χ0n) is 27.3. The number of hydrogen-bond donors (Lipinski definition) is 0. The number of fused-ring (bicyclic) bond motifs is 4. The molecule has 2 fully saturated rings. The van der Waals surface area contributed by atoms with Crippen molar-refractivity contribution in [1.82, 2.24) is 14.9 Å². The van der Waals surface area contributed by atoms with Gasteiger partial charge in [-0.3, -0.25) is 4.90 Å². The molecule has 2 aliphatic rings. The van der Waals surface area contributed by atoms with E-state index in [1.165, 1.54) is 32.4 Å². The van der Waals surface area contributed by atoms with Crippen LogP contribution in [-0.4, -0.2) is 87.4 Å². The van der Waals surface area contributed by atoms with Gasteiger partial charge in [-0.2, -0.15) is 0 Å². The van der Waals surface area contributed by atoms with Gasteiger partial charge in [-0.25, -0.2) is 32.0 Å². The van der Waals surface area contributed by atoms with Crippen molar-refractivity contribution in [3.63, 3.8) is 0 Å². The summed E-state index contributed by atoms with van der Waals surface area (Å²) in [6.07, 6.45) is 1.84. The monoisotopic (exact) mass is 704 g/mol. The Morgan fingerprint density at radius 2 is 1.75 bits per heavy atom. The van der Waals surface area contributed by atoms with Gasteiger partial charge in [0.25, 0.3) is 0 Å². The third-order valence-electron chi connectivity index (χ3n) is 8.38. The summed E-state index contributed by atoms with van der Waals surface area (Å²) >= 11 is 6.96. The molecule has 0 aliphatic carbocycles. The number of nitrogens with zero attached hydrogens (tertiary/aromatic N) is 4. The normalized spacial score (nSPS) is 18.1. The van der Waals surface area contributed by atoms with E-state index in [1.807, 2.05) is 0 Å². The number of methoxy groups -OCH3 is 2. The highest BCUT2D eigenvalue weighted by molar-refractivity contribution is 7.90. The number of carbonyl (C=O) groups is 1. The Hall–Kier alpha value is -4.01. The molecule has 2 saturated heterocycles. The molecule has 3 aromatic carbocycles. The first kappa shape index (κ1) is 33.9. The van der Waals surface area contributed by atoms with E-state index in [4.69, 9.17) is 30.5 Å². The number of amides is 1. The third-order valence-corrected chi connectivity index (χ3v) is 9.58. The summed E-state index contributed by atoms with van der Waals surface area (Å²) in [6, 6.07) is 6.83. The minimum atomic E-state index is -4.06. The van der Waals surface area contributed by atoms with Gasteiger partial charge in [0.15, 0.2) is 18.4 Å². The van der Waals surface area contributed by atoms with Crippen LogP contribution in [0.2, 0.25) is 5.02 Å². The van der Waals surface area contributed by atoms with Crippen molar-refractivity contribution < 1.29 is 40.9 Å². The first-order chi connectivity index (χ1) is 22.6. The van der Waals surface area contributed by atoms with Crippen LogP contribution in [0.5, 0.6) is 11.5 Å². The van der Waals surface area contributed by atoms with Crippen LogP contribution >= 0.6 is 11.6 Å². The molecule has 2 bridgehead atoms. The number of hydrogen-bond acceptors (Lipinski definition) is 10. The summed E-state index contributed by atoms with van der Waals surface area (Å²) in [5, 5.41) is -0.334. The minimum Gasteiger partial charge on any atom is -0.494 e. The summed E-state index contributed by atoms with van der Waals surface area (Å²) in [6.45, 7) is 5.76. The number of sulfone groups is 1. The van der Waals surface area contributed by atoms with Crippen molar-refractivity contribution in [2.75, 3.05) is 45.3 Å². The van der Waals surface area contributed by atoms with Crippen molar-refractivity contribution in [3.05, 3.63) is 47.0 Å². The van der Waals surface area contributed by atoms with Gasteiger partial charge in [-0.1, -0.05) is 23.7 Å². The fourth-order valence-corrected chi connectivity index (χ4v) is 7.37. The smallest absolute Gasteiger partial charge is 0.410 e. The maximum atomic E-state index is 17.1. The second kappa shape index (κ2) is 12.5. The Bertz CT molecular complexity index is 2040. The van der Waals surface area contributed by atoms with Gasteiger partial charge < -0.3 is 23.8 Å². The minimum absolute atomic E-state index is 0.0319. The van der Waals surface area contributed by atoms with Crippen LogP contribution in [0.15, 0.2) is 35.5 Å². The summed E-state index contributed by atoms with van der Waals surface area (Å²) in [4.78, 5) is 25.2. The highest BCUT2D eigenvalue weighted by Crippen LogP contribution is 2.49. The standard InChI is InChI=1S/C33H35ClF2N4O7S/c1-33(2,3)47-32(41)40-18-10-11-19(40)15-39(14-18)30-25-28(37-31(38-30)48(6,42)43)27(36)24(26(34)29(25)45-5)21-13-20(46-16-44-4)12-17-8-7-9-22(35)23(17)21/h7-9,12-13,18-19H,10-11,14-16H2,1-6H3. The first-order valence-electron chi connectivity index (χ1n) is 15.2. The molecule has 2 aliphatic heterocycles. The molecule has 15 heteroatoms. The fourth-order valence-electron chi connectivity index (χ4n) is 6.51. The van der Waals surface area contributed by atoms with Gasteiger partial charge in [0, 0.05) is 43.0 Å². The average Bonchev–Trinajstić information content (AvgIpc) is 3.28. The highest BCUT2D eigenvalue weighted by atomic mass is 35.5. The average molecular weight is 705 g/mol. The summed E-state index contributed by atoms with van der Waals surface area (Å²) in [5.74, 6) is -1.36. The number of piperazine rings is 1. The Morgan fingerprint density at radius 1 is 1.06 bits per heavy atom. The molecule has 4 aromatic rings. The number of halogens is 3. The van der Waals surface area contributed by atoms with E-state index >= 15 is 8.78 Å². The predicted molar refractivity (Wildman–Crippen MR) is 177 cm³/mol. The molecule has 48 heavy (non-hydrogen) atoms. The molecule has 3 heterocycles. The van der Waals surface area contributed by atoms with E-state index in [0.717, 1.165) is 6.26 Å². The van der Waals surface area contributed by atoms with E-state index in [2.05, 4.69) is 9.97 Å². The van der Waals surface area contributed by atoms with Crippen LogP contribution < -0.4 is 14.4 Å². The third kappa shape index (κ3) is 6.05. The van der Waals surface area contributed by atoms with Gasteiger partial charge in [-0.15, -0.1) is 0 Å². The number of rotatable bonds is 7. The van der Waals surface area contributed by atoms with Gasteiger partial charge in [0.2, 0.25) is 15.0 Å². The van der Waals surface area contributed by atoms with Crippen LogP contribution in [0.3, 0.4) is 0 Å². The zero-order valence-corrected chi connectivity index (χ0v) is 28.8. The molecule has 2 unspecified atom stereocenters. The molecular formula is C33H35ClF2N4O7S. The summed E-state index contributed by atoms with van der Waals surface area (Å²) < 4.78 is 80.4. The van der Waals surface area contributed by atoms with Crippen molar-refractivity contribution in [2.45, 2.75) is 56.5 Å². The fraction of sp³-hybridized carbons (Fsp3) is 0.424. The summed E-state index contributed by atoms with van der Waals surface area (Å²) in [7, 11) is -1.29. The van der Waals surface area contributed by atoms with Crippen LogP contribution in [0.1, 0.15) is 33.6 Å². The van der Waals surface area contributed by atoms with Crippen molar-refractivity contribution in [1.29, 1.82) is 0 Å². The molecule has 0 radical (unpaired) electrons. The van der Waals surface area contributed by atoms with Crippen molar-refractivity contribution in [2.24, 2.45) is 0 Å². The van der Waals surface area contributed by atoms with E-state index in [-0.39, 0.29) is 81.7 Å². The highest BCUT2D eigenvalue weighted by Gasteiger charge is 2.45. The molecule has 6 rings (SSSR count). The van der Waals surface area contributed by atoms with Crippen LogP contribution in [0, 0.1) is 11.6 Å². The molecule has 2 atom stereocenters. The van der Waals surface area contributed by atoms with Crippen LogP contribution in [0.4, 0.5) is 19.4 Å². The van der Waals surface area contributed by atoms with Gasteiger partial charge >= 0.3 is 6.09 Å². The number of carbonyl (C=O) groups excluding carboxylic acids is 1. The molecule has 0 N–H and O–H groups in total. The van der Waals surface area contributed by atoms with E-state index in [0.29, 0.717) is 18.2 Å². The summed E-state index contributed by atoms with van der Waals surface area (Å²) in [5.41, 5.74) is -1.31. The van der Waals surface area contributed by atoms with Crippen molar-refractivity contribution in [3.8, 4) is 22.6 Å². The second-order valence-electron chi connectivity index (χ2n) is 12.9. The second-order valence-corrected chi connectivity index (χ2v) is 15.2. The van der Waals surface area contributed by atoms with Gasteiger partial charge in [0.1, 0.15) is 28.5 Å². The van der Waals surface area contributed by atoms with Gasteiger partial charge in [-0.05, 0) is 57.2 Å². The molecule has 256 valence electrons. The molecule has 0 spiro atoms. The lowest BCUT2D eigenvalue weighted by Crippen LogP contribution is -2.57. The Balaban J connectivity index is 1.58.